The van der Waals surface area contributed by atoms with Crippen molar-refractivity contribution in [3.8, 4) is 11.5 Å². The van der Waals surface area contributed by atoms with Crippen LogP contribution in [0.15, 0.2) is 83.3 Å². The summed E-state index contributed by atoms with van der Waals surface area (Å²) in [6.45, 7) is 2.60. The van der Waals surface area contributed by atoms with Gasteiger partial charge in [-0.3, -0.25) is 9.59 Å². The predicted molar refractivity (Wildman–Crippen MR) is 140 cm³/mol. The van der Waals surface area contributed by atoms with Crippen LogP contribution in [0.3, 0.4) is 0 Å². The molecule has 0 saturated carbocycles. The van der Waals surface area contributed by atoms with Crippen LogP contribution in [0.4, 0.5) is 0 Å². The summed E-state index contributed by atoms with van der Waals surface area (Å²) in [5, 5.41) is 2.97. The van der Waals surface area contributed by atoms with Gasteiger partial charge in [0.15, 0.2) is 6.61 Å². The highest BCUT2D eigenvalue weighted by Gasteiger charge is 2.30. The molecule has 1 atom stereocenters. The largest absolute Gasteiger partial charge is 0.497 e. The topological polar surface area (TPSA) is 67.9 Å². The van der Waals surface area contributed by atoms with Gasteiger partial charge in [0.25, 0.3) is 5.91 Å². The van der Waals surface area contributed by atoms with Crippen LogP contribution >= 0.6 is 15.9 Å². The van der Waals surface area contributed by atoms with Crippen LogP contribution in [0.25, 0.3) is 0 Å². The maximum absolute atomic E-state index is 13.5. The maximum Gasteiger partial charge on any atom is 0.261 e. The Hall–Kier alpha value is -3.32. The molecule has 7 heteroatoms. The first-order valence-corrected chi connectivity index (χ1v) is 12.4. The zero-order valence-corrected chi connectivity index (χ0v) is 21.7. The standard InChI is InChI=1S/C28H31BrN2O4/c1-3-16-30-28(33)26(18-21-8-5-4-6-9-21)31(19-22-10-7-11-25(17-22)34-2)27(32)20-35-24-14-12-23(29)13-15-24/h4-15,17,26H,3,16,18-20H2,1-2H3,(H,30,33)/t26-/m0/s1. The Labute approximate surface area is 215 Å². The van der Waals surface area contributed by atoms with E-state index in [1.54, 1.807) is 24.1 Å². The minimum atomic E-state index is -0.698. The van der Waals surface area contributed by atoms with E-state index in [-0.39, 0.29) is 25.0 Å². The number of carbonyl (C=O) groups excluding carboxylic acids is 2. The molecule has 35 heavy (non-hydrogen) atoms. The van der Waals surface area contributed by atoms with Gasteiger partial charge in [0.2, 0.25) is 5.91 Å². The summed E-state index contributed by atoms with van der Waals surface area (Å²) in [6.07, 6.45) is 1.20. The van der Waals surface area contributed by atoms with Crippen molar-refractivity contribution in [2.75, 3.05) is 20.3 Å². The first-order chi connectivity index (χ1) is 17.0. The van der Waals surface area contributed by atoms with E-state index in [1.807, 2.05) is 73.7 Å². The SMILES string of the molecule is CCCNC(=O)[C@H](Cc1ccccc1)N(Cc1cccc(OC)c1)C(=O)COc1ccc(Br)cc1. The highest BCUT2D eigenvalue weighted by Crippen LogP contribution is 2.20. The zero-order chi connectivity index (χ0) is 25.0. The second kappa shape index (κ2) is 13.5. The fraction of sp³-hybridized carbons (Fsp3) is 0.286. The molecule has 0 aliphatic heterocycles. The van der Waals surface area contributed by atoms with Gasteiger partial charge >= 0.3 is 0 Å². The Morgan fingerprint density at radius 3 is 2.34 bits per heavy atom. The quantitative estimate of drug-likeness (QED) is 0.352. The summed E-state index contributed by atoms with van der Waals surface area (Å²) >= 11 is 3.40. The molecule has 0 aliphatic carbocycles. The number of hydrogen-bond donors (Lipinski definition) is 1. The summed E-state index contributed by atoms with van der Waals surface area (Å²) in [5.74, 6) is 0.813. The lowest BCUT2D eigenvalue weighted by molar-refractivity contribution is -0.142. The number of nitrogens with zero attached hydrogens (tertiary/aromatic N) is 1. The van der Waals surface area contributed by atoms with Gasteiger partial charge in [-0.1, -0.05) is 65.3 Å². The minimum Gasteiger partial charge on any atom is -0.497 e. The number of amides is 2. The van der Waals surface area contributed by atoms with Crippen molar-refractivity contribution in [3.63, 3.8) is 0 Å². The van der Waals surface area contributed by atoms with Gasteiger partial charge in [-0.2, -0.15) is 0 Å². The molecule has 0 aromatic heterocycles. The number of nitrogens with one attached hydrogen (secondary N) is 1. The first-order valence-electron chi connectivity index (χ1n) is 11.6. The highest BCUT2D eigenvalue weighted by atomic mass is 79.9. The summed E-state index contributed by atoms with van der Waals surface area (Å²) in [4.78, 5) is 28.4. The molecule has 0 spiro atoms. The third-order valence-electron chi connectivity index (χ3n) is 5.48. The Morgan fingerprint density at radius 1 is 0.943 bits per heavy atom. The van der Waals surface area contributed by atoms with Crippen molar-refractivity contribution in [1.29, 1.82) is 0 Å². The molecule has 0 radical (unpaired) electrons. The van der Waals surface area contributed by atoms with Gasteiger partial charge < -0.3 is 19.7 Å². The number of rotatable bonds is 12. The summed E-state index contributed by atoms with van der Waals surface area (Å²) < 4.78 is 12.1. The molecule has 184 valence electrons. The van der Waals surface area contributed by atoms with Gasteiger partial charge in [-0.05, 0) is 53.9 Å². The number of halogens is 1. The number of carbonyl (C=O) groups is 2. The first kappa shape index (κ1) is 26.3. The molecule has 0 saturated heterocycles. The van der Waals surface area contributed by atoms with E-state index in [2.05, 4.69) is 21.2 Å². The molecule has 3 aromatic carbocycles. The van der Waals surface area contributed by atoms with Crippen LogP contribution in [0.1, 0.15) is 24.5 Å². The van der Waals surface area contributed by atoms with Crippen molar-refractivity contribution in [1.82, 2.24) is 10.2 Å². The van der Waals surface area contributed by atoms with Gasteiger partial charge in [0.05, 0.1) is 7.11 Å². The van der Waals surface area contributed by atoms with E-state index in [9.17, 15) is 9.59 Å². The lowest BCUT2D eigenvalue weighted by Gasteiger charge is -2.31. The van der Waals surface area contributed by atoms with Crippen LogP contribution in [0, 0.1) is 0 Å². The Morgan fingerprint density at radius 2 is 1.66 bits per heavy atom. The van der Waals surface area contributed by atoms with Crippen LogP contribution in [0.5, 0.6) is 11.5 Å². The van der Waals surface area contributed by atoms with E-state index < -0.39 is 6.04 Å². The fourth-order valence-electron chi connectivity index (χ4n) is 3.65. The highest BCUT2D eigenvalue weighted by molar-refractivity contribution is 9.10. The Bertz CT molecular complexity index is 1090. The van der Waals surface area contributed by atoms with Crippen LogP contribution in [-0.4, -0.2) is 43.0 Å². The van der Waals surface area contributed by atoms with Crippen molar-refractivity contribution >= 4 is 27.7 Å². The molecule has 0 unspecified atom stereocenters. The minimum absolute atomic E-state index is 0.183. The van der Waals surface area contributed by atoms with Gasteiger partial charge in [-0.25, -0.2) is 0 Å². The van der Waals surface area contributed by atoms with Crippen molar-refractivity contribution in [3.05, 3.63) is 94.5 Å². The number of ether oxygens (including phenoxy) is 2. The molecule has 0 aliphatic rings. The molecule has 2 amide bonds. The van der Waals surface area contributed by atoms with Gasteiger partial charge in [-0.15, -0.1) is 0 Å². The number of methoxy groups -OCH3 is 1. The Kier molecular flexibility index (Phi) is 10.2. The third-order valence-corrected chi connectivity index (χ3v) is 6.01. The van der Waals surface area contributed by atoms with E-state index in [1.165, 1.54) is 0 Å². The van der Waals surface area contributed by atoms with E-state index in [0.29, 0.717) is 24.5 Å². The molecule has 3 rings (SSSR count). The zero-order valence-electron chi connectivity index (χ0n) is 20.1. The predicted octanol–water partition coefficient (Wildman–Crippen LogP) is 5.00. The van der Waals surface area contributed by atoms with Crippen LogP contribution < -0.4 is 14.8 Å². The average Bonchev–Trinajstić information content (AvgIpc) is 2.89. The molecular formula is C28H31BrN2O4. The van der Waals surface area contributed by atoms with Crippen molar-refractivity contribution in [2.45, 2.75) is 32.4 Å². The van der Waals surface area contributed by atoms with Crippen molar-refractivity contribution < 1.29 is 19.1 Å². The molecule has 1 N–H and O–H groups in total. The molecule has 0 heterocycles. The summed E-state index contributed by atoms with van der Waals surface area (Å²) in [5.41, 5.74) is 1.84. The molecule has 6 nitrogen and oxygen atoms in total. The van der Waals surface area contributed by atoms with Crippen LogP contribution in [-0.2, 0) is 22.6 Å². The smallest absolute Gasteiger partial charge is 0.261 e. The lowest BCUT2D eigenvalue weighted by atomic mass is 10.0. The van der Waals surface area contributed by atoms with Crippen molar-refractivity contribution in [2.24, 2.45) is 0 Å². The molecular weight excluding hydrogens is 508 g/mol. The maximum atomic E-state index is 13.5. The average molecular weight is 539 g/mol. The van der Waals surface area contributed by atoms with Gasteiger partial charge in [0, 0.05) is 24.0 Å². The Balaban J connectivity index is 1.89. The third kappa shape index (κ3) is 8.14. The summed E-state index contributed by atoms with van der Waals surface area (Å²) in [6, 6.07) is 23.8. The second-order valence-electron chi connectivity index (χ2n) is 8.11. The molecule has 3 aromatic rings. The second-order valence-corrected chi connectivity index (χ2v) is 9.03. The molecule has 0 fully saturated rings. The summed E-state index contributed by atoms with van der Waals surface area (Å²) in [7, 11) is 1.60. The fourth-order valence-corrected chi connectivity index (χ4v) is 3.91. The van der Waals surface area contributed by atoms with Crippen LogP contribution in [0.2, 0.25) is 0 Å². The van der Waals surface area contributed by atoms with E-state index >= 15 is 0 Å². The number of hydrogen-bond acceptors (Lipinski definition) is 4. The molecule has 0 bridgehead atoms. The van der Waals surface area contributed by atoms with Gasteiger partial charge in [0.1, 0.15) is 17.5 Å². The van der Waals surface area contributed by atoms with E-state index in [4.69, 9.17) is 9.47 Å². The van der Waals surface area contributed by atoms with E-state index in [0.717, 1.165) is 22.0 Å². The monoisotopic (exact) mass is 538 g/mol. The lowest BCUT2D eigenvalue weighted by Crippen LogP contribution is -2.51. The normalized spacial score (nSPS) is 11.4. The number of benzene rings is 3.